The van der Waals surface area contributed by atoms with Crippen LogP contribution < -0.4 is 11.1 Å². The minimum Gasteiger partial charge on any atom is -0.369 e. The highest BCUT2D eigenvalue weighted by Gasteiger charge is 2.31. The van der Waals surface area contributed by atoms with E-state index in [0.29, 0.717) is 18.4 Å². The van der Waals surface area contributed by atoms with E-state index in [2.05, 4.69) is 5.32 Å². The van der Waals surface area contributed by atoms with Crippen LogP contribution in [0.25, 0.3) is 0 Å². The molecule has 100 valence electrons. The van der Waals surface area contributed by atoms with Gasteiger partial charge in [0.15, 0.2) is 0 Å². The van der Waals surface area contributed by atoms with Gasteiger partial charge in [0, 0.05) is 19.7 Å². The van der Waals surface area contributed by atoms with Gasteiger partial charge in [0.2, 0.25) is 0 Å². The third-order valence-corrected chi connectivity index (χ3v) is 3.98. The van der Waals surface area contributed by atoms with E-state index in [0.717, 1.165) is 19.4 Å². The van der Waals surface area contributed by atoms with E-state index in [4.69, 9.17) is 10.5 Å². The molecule has 0 saturated heterocycles. The molecule has 4 heteroatoms. The lowest BCUT2D eigenvalue weighted by Gasteiger charge is -2.29. The molecule has 1 amide bonds. The van der Waals surface area contributed by atoms with Crippen molar-refractivity contribution in [2.45, 2.75) is 57.6 Å². The molecule has 3 unspecified atom stereocenters. The predicted molar refractivity (Wildman–Crippen MR) is 68.6 cm³/mol. The van der Waals surface area contributed by atoms with Crippen molar-refractivity contribution in [3.8, 4) is 0 Å². The Kier molecular flexibility index (Phi) is 5.40. The molecular weight excluding hydrogens is 216 g/mol. The Morgan fingerprint density at radius 3 is 2.76 bits per heavy atom. The number of nitrogens with one attached hydrogen (secondary N) is 1. The van der Waals surface area contributed by atoms with Gasteiger partial charge in [0.25, 0.3) is 5.91 Å². The lowest BCUT2D eigenvalue weighted by molar-refractivity contribution is -0.142. The van der Waals surface area contributed by atoms with Gasteiger partial charge in [-0.2, -0.15) is 0 Å². The first-order chi connectivity index (χ1) is 8.01. The molecule has 0 heterocycles. The molecule has 0 radical (unpaired) electrons. The van der Waals surface area contributed by atoms with E-state index in [1.54, 1.807) is 7.11 Å². The van der Waals surface area contributed by atoms with Crippen LogP contribution in [0.4, 0.5) is 0 Å². The molecular formula is C13H26N2O2. The van der Waals surface area contributed by atoms with Gasteiger partial charge in [-0.15, -0.1) is 0 Å². The normalized spacial score (nSPS) is 28.5. The van der Waals surface area contributed by atoms with Crippen LogP contribution >= 0.6 is 0 Å². The van der Waals surface area contributed by atoms with E-state index in [9.17, 15) is 4.79 Å². The predicted octanol–water partition coefficient (Wildman–Crippen LogP) is 1.44. The minimum absolute atomic E-state index is 0.0124. The SMILES string of the molecule is CCC(C)(OC)C(=O)NCC1CCCC(N)C1. The minimum atomic E-state index is -0.698. The summed E-state index contributed by atoms with van der Waals surface area (Å²) in [5.41, 5.74) is 5.23. The van der Waals surface area contributed by atoms with E-state index >= 15 is 0 Å². The van der Waals surface area contributed by atoms with Crippen molar-refractivity contribution in [3.05, 3.63) is 0 Å². The summed E-state index contributed by atoms with van der Waals surface area (Å²) in [7, 11) is 1.58. The van der Waals surface area contributed by atoms with E-state index < -0.39 is 5.60 Å². The average molecular weight is 242 g/mol. The van der Waals surface area contributed by atoms with Crippen LogP contribution in [0.5, 0.6) is 0 Å². The Morgan fingerprint density at radius 1 is 1.53 bits per heavy atom. The van der Waals surface area contributed by atoms with Gasteiger partial charge in [-0.3, -0.25) is 4.79 Å². The number of nitrogens with two attached hydrogens (primary N) is 1. The molecule has 1 aliphatic rings. The van der Waals surface area contributed by atoms with Crippen molar-refractivity contribution in [2.75, 3.05) is 13.7 Å². The maximum Gasteiger partial charge on any atom is 0.251 e. The molecule has 0 spiro atoms. The monoisotopic (exact) mass is 242 g/mol. The molecule has 17 heavy (non-hydrogen) atoms. The maximum atomic E-state index is 12.0. The number of ether oxygens (including phenoxy) is 1. The number of rotatable bonds is 5. The molecule has 1 saturated carbocycles. The fourth-order valence-electron chi connectivity index (χ4n) is 2.34. The number of amides is 1. The summed E-state index contributed by atoms with van der Waals surface area (Å²) in [6.45, 7) is 4.51. The van der Waals surface area contributed by atoms with E-state index in [-0.39, 0.29) is 5.91 Å². The van der Waals surface area contributed by atoms with Gasteiger partial charge in [-0.1, -0.05) is 13.3 Å². The molecule has 3 atom stereocenters. The first-order valence-electron chi connectivity index (χ1n) is 6.61. The van der Waals surface area contributed by atoms with Crippen molar-refractivity contribution >= 4 is 5.91 Å². The molecule has 0 aliphatic heterocycles. The summed E-state index contributed by atoms with van der Waals surface area (Å²) in [5, 5.41) is 3.00. The second-order valence-corrected chi connectivity index (χ2v) is 5.29. The van der Waals surface area contributed by atoms with Crippen LogP contribution in [0, 0.1) is 5.92 Å². The molecule has 0 aromatic rings. The second-order valence-electron chi connectivity index (χ2n) is 5.29. The molecule has 4 nitrogen and oxygen atoms in total. The lowest BCUT2D eigenvalue weighted by atomic mass is 9.86. The number of carbonyl (C=O) groups is 1. The van der Waals surface area contributed by atoms with Gasteiger partial charge in [0.05, 0.1) is 0 Å². The highest BCUT2D eigenvalue weighted by atomic mass is 16.5. The molecule has 1 fully saturated rings. The zero-order valence-electron chi connectivity index (χ0n) is 11.3. The summed E-state index contributed by atoms with van der Waals surface area (Å²) >= 11 is 0. The summed E-state index contributed by atoms with van der Waals surface area (Å²) in [6.07, 6.45) is 5.17. The third kappa shape index (κ3) is 3.96. The van der Waals surface area contributed by atoms with Crippen molar-refractivity contribution in [2.24, 2.45) is 11.7 Å². The number of carbonyl (C=O) groups excluding carboxylic acids is 1. The highest BCUT2D eigenvalue weighted by Crippen LogP contribution is 2.22. The molecule has 0 bridgehead atoms. The number of hydrogen-bond acceptors (Lipinski definition) is 3. The van der Waals surface area contributed by atoms with Gasteiger partial charge in [0.1, 0.15) is 5.60 Å². The molecule has 0 aromatic carbocycles. The van der Waals surface area contributed by atoms with Crippen LogP contribution in [-0.4, -0.2) is 31.2 Å². The Balaban J connectivity index is 2.37. The maximum absolute atomic E-state index is 12.0. The summed E-state index contributed by atoms with van der Waals surface area (Å²) in [5.74, 6) is 0.516. The lowest BCUT2D eigenvalue weighted by Crippen LogP contribution is -2.47. The Bertz CT molecular complexity index is 252. The van der Waals surface area contributed by atoms with Crippen LogP contribution in [0.3, 0.4) is 0 Å². The van der Waals surface area contributed by atoms with Crippen LogP contribution in [0.2, 0.25) is 0 Å². The van der Waals surface area contributed by atoms with Gasteiger partial charge in [-0.05, 0) is 38.5 Å². The Hall–Kier alpha value is -0.610. The largest absolute Gasteiger partial charge is 0.369 e. The average Bonchev–Trinajstić information content (AvgIpc) is 2.35. The van der Waals surface area contributed by atoms with Crippen molar-refractivity contribution < 1.29 is 9.53 Å². The van der Waals surface area contributed by atoms with Crippen molar-refractivity contribution in [1.29, 1.82) is 0 Å². The van der Waals surface area contributed by atoms with Crippen LogP contribution in [0.15, 0.2) is 0 Å². The second kappa shape index (κ2) is 6.36. The van der Waals surface area contributed by atoms with Crippen molar-refractivity contribution in [1.82, 2.24) is 5.32 Å². The fraction of sp³-hybridized carbons (Fsp3) is 0.923. The van der Waals surface area contributed by atoms with Gasteiger partial charge >= 0.3 is 0 Å². The zero-order chi connectivity index (χ0) is 12.9. The Labute approximate surface area is 104 Å². The fourth-order valence-corrected chi connectivity index (χ4v) is 2.34. The van der Waals surface area contributed by atoms with Gasteiger partial charge in [-0.25, -0.2) is 0 Å². The zero-order valence-corrected chi connectivity index (χ0v) is 11.3. The number of methoxy groups -OCH3 is 1. The molecule has 1 aliphatic carbocycles. The topological polar surface area (TPSA) is 64.3 Å². The number of hydrogen-bond donors (Lipinski definition) is 2. The summed E-state index contributed by atoms with van der Waals surface area (Å²) < 4.78 is 5.27. The first-order valence-corrected chi connectivity index (χ1v) is 6.61. The van der Waals surface area contributed by atoms with Crippen LogP contribution in [0.1, 0.15) is 46.0 Å². The smallest absolute Gasteiger partial charge is 0.251 e. The molecule has 0 aromatic heterocycles. The molecule has 1 rings (SSSR count). The highest BCUT2D eigenvalue weighted by molar-refractivity contribution is 5.84. The summed E-state index contributed by atoms with van der Waals surface area (Å²) in [4.78, 5) is 12.0. The van der Waals surface area contributed by atoms with Crippen LogP contribution in [-0.2, 0) is 9.53 Å². The quantitative estimate of drug-likeness (QED) is 0.766. The van der Waals surface area contributed by atoms with Gasteiger partial charge < -0.3 is 15.8 Å². The summed E-state index contributed by atoms with van der Waals surface area (Å²) in [6, 6.07) is 0.311. The standard InChI is InChI=1S/C13H26N2O2/c1-4-13(2,17-3)12(16)15-9-10-6-5-7-11(14)8-10/h10-11H,4-9,14H2,1-3H3,(H,15,16). The van der Waals surface area contributed by atoms with E-state index in [1.165, 1.54) is 12.8 Å². The third-order valence-electron chi connectivity index (χ3n) is 3.98. The molecule has 3 N–H and O–H groups in total. The first kappa shape index (κ1) is 14.5. The Morgan fingerprint density at radius 2 is 2.24 bits per heavy atom. The van der Waals surface area contributed by atoms with E-state index in [1.807, 2.05) is 13.8 Å². The van der Waals surface area contributed by atoms with Crippen molar-refractivity contribution in [3.63, 3.8) is 0 Å².